The number of aliphatic hydroxyl groups excluding tert-OH is 1. The van der Waals surface area contributed by atoms with Gasteiger partial charge in [0.2, 0.25) is 11.8 Å². The minimum absolute atomic E-state index is 0.166. The predicted octanol–water partition coefficient (Wildman–Crippen LogP) is 4.94. The molecule has 5 nitrogen and oxygen atoms in total. The number of nitrogens with zero attached hydrogens (tertiary/aromatic N) is 2. The Morgan fingerprint density at radius 1 is 1.04 bits per heavy atom. The molecule has 0 saturated heterocycles. The highest BCUT2D eigenvalue weighted by molar-refractivity contribution is 5.76. The molecule has 1 unspecified atom stereocenters. The van der Waals surface area contributed by atoms with Crippen LogP contribution in [0.3, 0.4) is 0 Å². The molecule has 1 aliphatic rings. The van der Waals surface area contributed by atoms with E-state index < -0.39 is 17.8 Å². The van der Waals surface area contributed by atoms with E-state index in [0.717, 1.165) is 25.0 Å². The van der Waals surface area contributed by atoms with Crippen LogP contribution in [0.15, 0.2) is 52.9 Å². The molecule has 140 valence electrons. The van der Waals surface area contributed by atoms with E-state index in [1.165, 1.54) is 12.1 Å². The van der Waals surface area contributed by atoms with Gasteiger partial charge in [0, 0.05) is 5.69 Å². The second-order valence-electron chi connectivity index (χ2n) is 6.47. The number of nitrogens with one attached hydrogen (secondary N) is 1. The molecule has 8 heteroatoms. The van der Waals surface area contributed by atoms with Crippen molar-refractivity contribution in [2.45, 2.75) is 25.1 Å². The lowest BCUT2D eigenvalue weighted by atomic mass is 10.1. The minimum atomic E-state index is -4.38. The molecule has 1 aliphatic carbocycles. The van der Waals surface area contributed by atoms with Crippen LogP contribution in [0.2, 0.25) is 0 Å². The van der Waals surface area contributed by atoms with E-state index in [9.17, 15) is 18.3 Å². The lowest BCUT2D eigenvalue weighted by Gasteiger charge is -2.11. The molecule has 0 amide bonds. The fraction of sp³-hybridized carbons (Fsp3) is 0.263. The number of hydrogen-bond acceptors (Lipinski definition) is 5. The SMILES string of the molecule is OC(c1nnc(-c2ccccc2Nc2ccc(C(F)(F)F)cc2)o1)C1CC1. The maximum atomic E-state index is 12.7. The van der Waals surface area contributed by atoms with Crippen LogP contribution in [-0.2, 0) is 6.18 Å². The topological polar surface area (TPSA) is 71.2 Å². The van der Waals surface area contributed by atoms with Gasteiger partial charge in [-0.15, -0.1) is 10.2 Å². The zero-order valence-corrected chi connectivity index (χ0v) is 14.1. The Balaban J connectivity index is 1.58. The molecule has 3 aromatic rings. The van der Waals surface area contributed by atoms with E-state index in [0.29, 0.717) is 16.9 Å². The van der Waals surface area contributed by atoms with E-state index in [1.54, 1.807) is 24.3 Å². The molecular formula is C19H16F3N3O2. The van der Waals surface area contributed by atoms with Gasteiger partial charge in [0.05, 0.1) is 16.8 Å². The summed E-state index contributed by atoms with van der Waals surface area (Å²) in [5, 5.41) is 21.1. The molecule has 0 radical (unpaired) electrons. The summed E-state index contributed by atoms with van der Waals surface area (Å²) in [6, 6.07) is 11.8. The first-order chi connectivity index (χ1) is 12.9. The fourth-order valence-electron chi connectivity index (χ4n) is 2.75. The Hall–Kier alpha value is -2.87. The van der Waals surface area contributed by atoms with Gasteiger partial charge in [-0.3, -0.25) is 0 Å². The standard InChI is InChI=1S/C19H16F3N3O2/c20-19(21,22)12-7-9-13(10-8-12)23-15-4-2-1-3-14(15)17-24-25-18(27-17)16(26)11-5-6-11/h1-4,7-11,16,23,26H,5-6H2. The molecule has 1 fully saturated rings. The number of halogens is 3. The van der Waals surface area contributed by atoms with Gasteiger partial charge in [-0.05, 0) is 55.2 Å². The first-order valence-electron chi connectivity index (χ1n) is 8.47. The van der Waals surface area contributed by atoms with Gasteiger partial charge >= 0.3 is 6.18 Å². The van der Waals surface area contributed by atoms with Gasteiger partial charge in [-0.1, -0.05) is 12.1 Å². The Kier molecular flexibility index (Phi) is 4.35. The summed E-state index contributed by atoms with van der Waals surface area (Å²) < 4.78 is 43.7. The molecule has 1 aromatic heterocycles. The van der Waals surface area contributed by atoms with Crippen molar-refractivity contribution >= 4 is 11.4 Å². The molecule has 4 rings (SSSR count). The molecular weight excluding hydrogens is 359 g/mol. The molecule has 0 spiro atoms. The molecule has 0 bridgehead atoms. The van der Waals surface area contributed by atoms with E-state index in [4.69, 9.17) is 4.42 Å². The summed E-state index contributed by atoms with van der Waals surface area (Å²) in [6.45, 7) is 0. The number of aromatic nitrogens is 2. The van der Waals surface area contributed by atoms with E-state index in [1.807, 2.05) is 0 Å². The van der Waals surface area contributed by atoms with Gasteiger partial charge in [-0.25, -0.2) is 0 Å². The molecule has 1 heterocycles. The van der Waals surface area contributed by atoms with Gasteiger partial charge in [0.25, 0.3) is 0 Å². The van der Waals surface area contributed by atoms with Crippen molar-refractivity contribution in [1.82, 2.24) is 10.2 Å². The molecule has 27 heavy (non-hydrogen) atoms. The van der Waals surface area contributed by atoms with Crippen LogP contribution in [0.1, 0.15) is 30.4 Å². The van der Waals surface area contributed by atoms with E-state index in [-0.39, 0.29) is 17.7 Å². The van der Waals surface area contributed by atoms with Crippen LogP contribution in [0.25, 0.3) is 11.5 Å². The van der Waals surface area contributed by atoms with Crippen molar-refractivity contribution < 1.29 is 22.7 Å². The number of para-hydroxylation sites is 1. The van der Waals surface area contributed by atoms with Crippen LogP contribution in [0, 0.1) is 5.92 Å². The van der Waals surface area contributed by atoms with E-state index >= 15 is 0 Å². The quantitative estimate of drug-likeness (QED) is 0.661. The minimum Gasteiger partial charge on any atom is -0.418 e. The number of hydrogen-bond donors (Lipinski definition) is 2. The van der Waals surface area contributed by atoms with Gasteiger partial charge in [0.1, 0.15) is 6.10 Å². The first kappa shape index (κ1) is 17.5. The van der Waals surface area contributed by atoms with Crippen LogP contribution < -0.4 is 5.32 Å². The van der Waals surface area contributed by atoms with Crippen LogP contribution in [0.5, 0.6) is 0 Å². The normalized spacial score (nSPS) is 15.6. The third-order valence-electron chi connectivity index (χ3n) is 4.41. The Bertz CT molecular complexity index is 934. The van der Waals surface area contributed by atoms with Crippen molar-refractivity contribution in [1.29, 1.82) is 0 Å². The lowest BCUT2D eigenvalue weighted by molar-refractivity contribution is -0.137. The Morgan fingerprint density at radius 3 is 2.41 bits per heavy atom. The van der Waals surface area contributed by atoms with Crippen molar-refractivity contribution in [3.63, 3.8) is 0 Å². The average molecular weight is 375 g/mol. The van der Waals surface area contributed by atoms with Crippen molar-refractivity contribution in [2.24, 2.45) is 5.92 Å². The maximum absolute atomic E-state index is 12.7. The fourth-order valence-corrected chi connectivity index (χ4v) is 2.75. The lowest BCUT2D eigenvalue weighted by Crippen LogP contribution is -2.04. The van der Waals surface area contributed by atoms with Crippen molar-refractivity contribution in [3.8, 4) is 11.5 Å². The summed E-state index contributed by atoms with van der Waals surface area (Å²) in [5.41, 5.74) is 0.984. The van der Waals surface area contributed by atoms with Crippen molar-refractivity contribution in [3.05, 3.63) is 60.0 Å². The highest BCUT2D eigenvalue weighted by Crippen LogP contribution is 2.41. The zero-order chi connectivity index (χ0) is 19.0. The van der Waals surface area contributed by atoms with Crippen molar-refractivity contribution in [2.75, 3.05) is 5.32 Å². The first-order valence-corrected chi connectivity index (χ1v) is 8.47. The number of anilines is 2. The summed E-state index contributed by atoms with van der Waals surface area (Å²) in [7, 11) is 0. The average Bonchev–Trinajstić information content (AvgIpc) is 3.38. The number of benzene rings is 2. The monoisotopic (exact) mass is 375 g/mol. The third kappa shape index (κ3) is 3.80. The molecule has 1 saturated carbocycles. The second kappa shape index (κ2) is 6.70. The predicted molar refractivity (Wildman–Crippen MR) is 92.1 cm³/mol. The van der Waals surface area contributed by atoms with Crippen LogP contribution in [-0.4, -0.2) is 15.3 Å². The molecule has 2 N–H and O–H groups in total. The van der Waals surface area contributed by atoms with Gasteiger partial charge < -0.3 is 14.8 Å². The number of aliphatic hydroxyl groups is 1. The summed E-state index contributed by atoms with van der Waals surface area (Å²) in [6.07, 6.45) is -3.27. The Labute approximate surface area is 152 Å². The zero-order valence-electron chi connectivity index (χ0n) is 14.1. The number of rotatable bonds is 5. The van der Waals surface area contributed by atoms with E-state index in [2.05, 4.69) is 15.5 Å². The highest BCUT2D eigenvalue weighted by atomic mass is 19.4. The van der Waals surface area contributed by atoms with Gasteiger partial charge in [0.15, 0.2) is 0 Å². The Morgan fingerprint density at radius 2 is 1.74 bits per heavy atom. The maximum Gasteiger partial charge on any atom is 0.416 e. The largest absolute Gasteiger partial charge is 0.418 e. The van der Waals surface area contributed by atoms with Crippen LogP contribution >= 0.6 is 0 Å². The molecule has 2 aromatic carbocycles. The second-order valence-corrected chi connectivity index (χ2v) is 6.47. The van der Waals surface area contributed by atoms with Gasteiger partial charge in [-0.2, -0.15) is 13.2 Å². The smallest absolute Gasteiger partial charge is 0.416 e. The number of alkyl halides is 3. The van der Waals surface area contributed by atoms with Crippen LogP contribution in [0.4, 0.5) is 24.5 Å². The molecule has 0 aliphatic heterocycles. The highest BCUT2D eigenvalue weighted by Gasteiger charge is 2.34. The third-order valence-corrected chi connectivity index (χ3v) is 4.41. The summed E-state index contributed by atoms with van der Waals surface area (Å²) >= 11 is 0. The molecule has 1 atom stereocenters. The summed E-state index contributed by atoms with van der Waals surface area (Å²) in [4.78, 5) is 0. The summed E-state index contributed by atoms with van der Waals surface area (Å²) in [5.74, 6) is 0.579.